The van der Waals surface area contributed by atoms with Gasteiger partial charge in [-0.1, -0.05) is 6.07 Å². The van der Waals surface area contributed by atoms with Gasteiger partial charge >= 0.3 is 0 Å². The summed E-state index contributed by atoms with van der Waals surface area (Å²) in [7, 11) is 0. The third kappa shape index (κ3) is 3.51. The Balaban J connectivity index is 1.61. The Bertz CT molecular complexity index is 821. The number of ether oxygens (including phenoxy) is 1. The summed E-state index contributed by atoms with van der Waals surface area (Å²) >= 11 is 0. The molecule has 1 N–H and O–H groups in total. The molecule has 0 bridgehead atoms. The van der Waals surface area contributed by atoms with Crippen LogP contribution in [0.1, 0.15) is 67.8 Å². The van der Waals surface area contributed by atoms with Gasteiger partial charge in [-0.15, -0.1) is 0 Å². The van der Waals surface area contributed by atoms with E-state index >= 15 is 0 Å². The summed E-state index contributed by atoms with van der Waals surface area (Å²) in [4.78, 5) is 9.40. The predicted molar refractivity (Wildman–Crippen MR) is 103 cm³/mol. The molecule has 2 aromatic rings. The molecule has 0 spiro atoms. The first-order valence-corrected chi connectivity index (χ1v) is 9.59. The summed E-state index contributed by atoms with van der Waals surface area (Å²) in [6.45, 7) is 4.80. The third-order valence-electron chi connectivity index (χ3n) is 5.29. The number of benzene rings is 1. The SMILES string of the molecule is CC(C)Oc1ccc2c(c1)C(c1ccnc(C3CCC(O)CC3)c1)=NC2. The number of pyridine rings is 1. The van der Waals surface area contributed by atoms with E-state index in [-0.39, 0.29) is 12.2 Å². The van der Waals surface area contributed by atoms with E-state index in [1.54, 1.807) is 0 Å². The maximum Gasteiger partial charge on any atom is 0.120 e. The fourth-order valence-corrected chi connectivity index (χ4v) is 3.95. The van der Waals surface area contributed by atoms with Crippen molar-refractivity contribution < 1.29 is 9.84 Å². The van der Waals surface area contributed by atoms with Crippen molar-refractivity contribution in [1.82, 2.24) is 4.98 Å². The van der Waals surface area contributed by atoms with Crippen molar-refractivity contribution in [3.05, 3.63) is 58.9 Å². The van der Waals surface area contributed by atoms with Crippen molar-refractivity contribution in [2.24, 2.45) is 4.99 Å². The maximum absolute atomic E-state index is 9.75. The molecule has 2 heterocycles. The number of rotatable bonds is 4. The lowest BCUT2D eigenvalue weighted by atomic mass is 9.84. The van der Waals surface area contributed by atoms with Crippen LogP contribution in [0.15, 0.2) is 41.5 Å². The summed E-state index contributed by atoms with van der Waals surface area (Å²) in [5, 5.41) is 9.75. The number of aromatic nitrogens is 1. The van der Waals surface area contributed by atoms with E-state index in [2.05, 4.69) is 23.2 Å². The maximum atomic E-state index is 9.75. The Hall–Kier alpha value is -2.20. The minimum absolute atomic E-state index is 0.139. The van der Waals surface area contributed by atoms with E-state index in [4.69, 9.17) is 9.73 Å². The summed E-state index contributed by atoms with van der Waals surface area (Å²) < 4.78 is 5.86. The lowest BCUT2D eigenvalue weighted by molar-refractivity contribution is 0.122. The van der Waals surface area contributed by atoms with Gasteiger partial charge in [-0.2, -0.15) is 0 Å². The third-order valence-corrected chi connectivity index (χ3v) is 5.29. The highest BCUT2D eigenvalue weighted by atomic mass is 16.5. The van der Waals surface area contributed by atoms with Crippen molar-refractivity contribution >= 4 is 5.71 Å². The second-order valence-corrected chi connectivity index (χ2v) is 7.63. The second-order valence-electron chi connectivity index (χ2n) is 7.63. The van der Waals surface area contributed by atoms with Gasteiger partial charge < -0.3 is 9.84 Å². The Labute approximate surface area is 155 Å². The van der Waals surface area contributed by atoms with Crippen LogP contribution in [0.2, 0.25) is 0 Å². The van der Waals surface area contributed by atoms with Crippen LogP contribution in [0.3, 0.4) is 0 Å². The number of aliphatic hydroxyl groups excluding tert-OH is 1. The van der Waals surface area contributed by atoms with E-state index < -0.39 is 0 Å². The van der Waals surface area contributed by atoms with E-state index in [9.17, 15) is 5.11 Å². The molecule has 1 aromatic carbocycles. The average molecular weight is 350 g/mol. The number of nitrogens with zero attached hydrogens (tertiary/aromatic N) is 2. The molecule has 0 radical (unpaired) electrons. The largest absolute Gasteiger partial charge is 0.491 e. The van der Waals surface area contributed by atoms with Gasteiger partial charge in [0, 0.05) is 28.9 Å². The molecular formula is C22H26N2O2. The zero-order valence-electron chi connectivity index (χ0n) is 15.5. The van der Waals surface area contributed by atoms with Crippen LogP contribution in [0.4, 0.5) is 0 Å². The van der Waals surface area contributed by atoms with Crippen LogP contribution in [-0.4, -0.2) is 28.0 Å². The van der Waals surface area contributed by atoms with Gasteiger partial charge in [0.15, 0.2) is 0 Å². The van der Waals surface area contributed by atoms with Crippen molar-refractivity contribution in [3.8, 4) is 5.75 Å². The lowest BCUT2D eigenvalue weighted by Crippen LogP contribution is -2.18. The number of hydrogen-bond donors (Lipinski definition) is 1. The number of hydrogen-bond acceptors (Lipinski definition) is 4. The Morgan fingerprint density at radius 1 is 1.08 bits per heavy atom. The molecule has 0 amide bonds. The number of aliphatic imine (C=N–C) groups is 1. The van der Waals surface area contributed by atoms with Gasteiger partial charge in [-0.25, -0.2) is 0 Å². The molecule has 0 saturated heterocycles. The fraction of sp³-hybridized carbons (Fsp3) is 0.455. The standard InChI is InChI=1S/C22H26N2O2/c1-14(2)26-19-8-5-17-13-24-22(20(17)12-19)16-9-10-23-21(11-16)15-3-6-18(25)7-4-15/h5,8-12,14-15,18,25H,3-4,6-7,13H2,1-2H3. The number of aliphatic hydroxyl groups is 1. The Kier molecular flexibility index (Phi) is 4.77. The molecule has 1 aliphatic heterocycles. The molecule has 4 nitrogen and oxygen atoms in total. The predicted octanol–water partition coefficient (Wildman–Crippen LogP) is 4.24. The van der Waals surface area contributed by atoms with Gasteiger partial charge in [-0.3, -0.25) is 9.98 Å². The van der Waals surface area contributed by atoms with Crippen molar-refractivity contribution in [2.45, 2.75) is 64.2 Å². The molecule has 1 aromatic heterocycles. The highest BCUT2D eigenvalue weighted by Crippen LogP contribution is 2.33. The summed E-state index contributed by atoms with van der Waals surface area (Å²) in [5.74, 6) is 1.33. The normalized spacial score (nSPS) is 22.2. The highest BCUT2D eigenvalue weighted by molar-refractivity contribution is 6.15. The fourth-order valence-electron chi connectivity index (χ4n) is 3.95. The highest BCUT2D eigenvalue weighted by Gasteiger charge is 2.24. The van der Waals surface area contributed by atoms with Gasteiger partial charge in [-0.05, 0) is 69.4 Å². The van der Waals surface area contributed by atoms with Crippen LogP contribution in [0, 0.1) is 0 Å². The van der Waals surface area contributed by atoms with Crippen LogP contribution < -0.4 is 4.74 Å². The molecule has 0 atom stereocenters. The molecule has 1 saturated carbocycles. The average Bonchev–Trinajstić information content (AvgIpc) is 3.05. The molecule has 1 fully saturated rings. The summed E-state index contributed by atoms with van der Waals surface area (Å²) in [6.07, 6.45) is 5.67. The Morgan fingerprint density at radius 3 is 2.65 bits per heavy atom. The van der Waals surface area contributed by atoms with Gasteiger partial charge in [0.25, 0.3) is 0 Å². The van der Waals surface area contributed by atoms with E-state index in [0.29, 0.717) is 5.92 Å². The Morgan fingerprint density at radius 2 is 1.88 bits per heavy atom. The minimum atomic E-state index is -0.139. The quantitative estimate of drug-likeness (QED) is 0.897. The van der Waals surface area contributed by atoms with Crippen LogP contribution in [-0.2, 0) is 6.54 Å². The van der Waals surface area contributed by atoms with Crippen molar-refractivity contribution in [1.29, 1.82) is 0 Å². The van der Waals surface area contributed by atoms with E-state index in [1.807, 2.05) is 32.2 Å². The summed E-state index contributed by atoms with van der Waals surface area (Å²) in [5.41, 5.74) is 5.70. The van der Waals surface area contributed by atoms with Gasteiger partial charge in [0.05, 0.1) is 24.5 Å². The lowest BCUT2D eigenvalue weighted by Gasteiger charge is -2.25. The van der Waals surface area contributed by atoms with Crippen LogP contribution in [0.25, 0.3) is 0 Å². The zero-order valence-corrected chi connectivity index (χ0v) is 15.5. The van der Waals surface area contributed by atoms with Crippen LogP contribution >= 0.6 is 0 Å². The topological polar surface area (TPSA) is 54.7 Å². The first-order chi connectivity index (χ1) is 12.6. The first kappa shape index (κ1) is 17.2. The minimum Gasteiger partial charge on any atom is -0.491 e. The molecule has 26 heavy (non-hydrogen) atoms. The molecule has 136 valence electrons. The second kappa shape index (κ2) is 7.20. The number of fused-ring (bicyclic) bond motifs is 1. The zero-order chi connectivity index (χ0) is 18.1. The molecule has 4 rings (SSSR count). The molecule has 1 aliphatic carbocycles. The molecule has 0 unspecified atom stereocenters. The monoisotopic (exact) mass is 350 g/mol. The summed E-state index contributed by atoms with van der Waals surface area (Å²) in [6, 6.07) is 10.5. The van der Waals surface area contributed by atoms with E-state index in [0.717, 1.165) is 54.9 Å². The first-order valence-electron chi connectivity index (χ1n) is 9.59. The smallest absolute Gasteiger partial charge is 0.120 e. The molecule has 2 aliphatic rings. The molecule has 4 heteroatoms. The molecular weight excluding hydrogens is 324 g/mol. The van der Waals surface area contributed by atoms with Crippen molar-refractivity contribution in [2.75, 3.05) is 0 Å². The van der Waals surface area contributed by atoms with Crippen molar-refractivity contribution in [3.63, 3.8) is 0 Å². The van der Waals surface area contributed by atoms with Gasteiger partial charge in [0.1, 0.15) is 5.75 Å². The van der Waals surface area contributed by atoms with Gasteiger partial charge in [0.2, 0.25) is 0 Å². The van der Waals surface area contributed by atoms with Crippen LogP contribution in [0.5, 0.6) is 5.75 Å². The van der Waals surface area contributed by atoms with E-state index in [1.165, 1.54) is 11.1 Å².